The van der Waals surface area contributed by atoms with E-state index in [0.29, 0.717) is 12.5 Å². The van der Waals surface area contributed by atoms with Crippen LogP contribution in [-0.4, -0.2) is 11.7 Å². The highest BCUT2D eigenvalue weighted by atomic mass is 16.3. The van der Waals surface area contributed by atoms with E-state index in [0.717, 1.165) is 24.0 Å². The zero-order valence-corrected chi connectivity index (χ0v) is 13.6. The average molecular weight is 287 g/mol. The molecule has 116 valence electrons. The number of benzene rings is 1. The van der Waals surface area contributed by atoms with Gasteiger partial charge in [0, 0.05) is 11.5 Å². The van der Waals surface area contributed by atoms with Gasteiger partial charge in [0.05, 0.1) is 6.10 Å². The summed E-state index contributed by atoms with van der Waals surface area (Å²) in [6.45, 7) is 6.85. The molecular formula is C19H29NO. The molecule has 0 spiro atoms. The van der Waals surface area contributed by atoms with E-state index in [1.807, 2.05) is 31.2 Å². The molecule has 0 aliphatic rings. The monoisotopic (exact) mass is 287 g/mol. The van der Waals surface area contributed by atoms with E-state index in [1.165, 1.54) is 12.8 Å². The fraction of sp³-hybridized carbons (Fsp3) is 0.579. The van der Waals surface area contributed by atoms with Crippen molar-refractivity contribution in [3.8, 4) is 11.8 Å². The Labute approximate surface area is 129 Å². The molecule has 2 nitrogen and oxygen atoms in total. The summed E-state index contributed by atoms with van der Waals surface area (Å²) >= 11 is 0. The molecule has 0 bridgehead atoms. The first-order valence-electron chi connectivity index (χ1n) is 8.11. The van der Waals surface area contributed by atoms with Crippen LogP contribution < -0.4 is 5.73 Å². The van der Waals surface area contributed by atoms with Gasteiger partial charge in [0.2, 0.25) is 0 Å². The van der Waals surface area contributed by atoms with Crippen LogP contribution in [-0.2, 0) is 0 Å². The zero-order chi connectivity index (χ0) is 15.7. The van der Waals surface area contributed by atoms with Crippen molar-refractivity contribution in [2.24, 2.45) is 17.6 Å². The predicted octanol–water partition coefficient (Wildman–Crippen LogP) is 3.88. The Morgan fingerprint density at radius 2 is 1.86 bits per heavy atom. The third-order valence-corrected chi connectivity index (χ3v) is 3.83. The van der Waals surface area contributed by atoms with Crippen LogP contribution in [0.3, 0.4) is 0 Å². The molecule has 0 aromatic heterocycles. The Morgan fingerprint density at radius 3 is 2.43 bits per heavy atom. The Morgan fingerprint density at radius 1 is 1.19 bits per heavy atom. The van der Waals surface area contributed by atoms with Crippen LogP contribution in [0.4, 0.5) is 0 Å². The number of aliphatic hydroxyl groups excluding tert-OH is 1. The van der Waals surface area contributed by atoms with Gasteiger partial charge in [-0.05, 0) is 43.0 Å². The second kappa shape index (κ2) is 9.60. The number of aliphatic hydroxyl groups is 1. The summed E-state index contributed by atoms with van der Waals surface area (Å²) in [5, 5.41) is 10.2. The van der Waals surface area contributed by atoms with Crippen molar-refractivity contribution in [1.29, 1.82) is 0 Å². The summed E-state index contributed by atoms with van der Waals surface area (Å²) in [6.07, 6.45) is 4.15. The fourth-order valence-electron chi connectivity index (χ4n) is 2.43. The van der Waals surface area contributed by atoms with Crippen molar-refractivity contribution in [2.45, 2.75) is 52.6 Å². The van der Waals surface area contributed by atoms with Gasteiger partial charge in [0.15, 0.2) is 0 Å². The van der Waals surface area contributed by atoms with Crippen LogP contribution in [0.2, 0.25) is 0 Å². The van der Waals surface area contributed by atoms with Crippen molar-refractivity contribution in [3.63, 3.8) is 0 Å². The van der Waals surface area contributed by atoms with E-state index in [4.69, 9.17) is 5.73 Å². The molecule has 0 heterocycles. The van der Waals surface area contributed by atoms with Crippen molar-refractivity contribution < 1.29 is 5.11 Å². The minimum Gasteiger partial charge on any atom is -0.388 e. The van der Waals surface area contributed by atoms with Gasteiger partial charge in [-0.1, -0.05) is 57.6 Å². The van der Waals surface area contributed by atoms with Crippen LogP contribution in [0.5, 0.6) is 0 Å². The molecule has 3 N–H and O–H groups in total. The topological polar surface area (TPSA) is 46.2 Å². The van der Waals surface area contributed by atoms with Crippen LogP contribution in [0.25, 0.3) is 0 Å². The maximum Gasteiger partial charge on any atom is 0.0828 e. The summed E-state index contributed by atoms with van der Waals surface area (Å²) in [5.74, 6) is 7.20. The van der Waals surface area contributed by atoms with Gasteiger partial charge in [0.1, 0.15) is 0 Å². The summed E-state index contributed by atoms with van der Waals surface area (Å²) in [4.78, 5) is 0. The molecule has 0 amide bonds. The third kappa shape index (κ3) is 5.91. The van der Waals surface area contributed by atoms with E-state index in [1.54, 1.807) is 0 Å². The minimum atomic E-state index is -0.515. The molecule has 0 aliphatic heterocycles. The highest BCUT2D eigenvalue weighted by Gasteiger charge is 2.14. The van der Waals surface area contributed by atoms with E-state index in [-0.39, 0.29) is 5.92 Å². The standard InChI is InChI=1S/C19H29NO/c1-4-7-16(8-5-2)11-12-17-9-6-10-18(13-17)19(21)15(3)14-20/h6,9-10,13,15-16,19,21H,4-5,7-8,14,20H2,1-3H3. The fourth-order valence-corrected chi connectivity index (χ4v) is 2.43. The van der Waals surface area contributed by atoms with Crippen LogP contribution in [0, 0.1) is 23.7 Å². The Kier molecular flexibility index (Phi) is 8.12. The Bertz CT molecular complexity index is 466. The molecule has 0 radical (unpaired) electrons. The summed E-state index contributed by atoms with van der Waals surface area (Å²) in [7, 11) is 0. The van der Waals surface area contributed by atoms with Crippen molar-refractivity contribution in [2.75, 3.05) is 6.54 Å². The van der Waals surface area contributed by atoms with E-state index in [9.17, 15) is 5.11 Å². The van der Waals surface area contributed by atoms with E-state index < -0.39 is 6.10 Å². The molecule has 1 rings (SSSR count). The molecule has 2 unspecified atom stereocenters. The highest BCUT2D eigenvalue weighted by Crippen LogP contribution is 2.21. The van der Waals surface area contributed by atoms with Gasteiger partial charge in [0.25, 0.3) is 0 Å². The summed E-state index contributed by atoms with van der Waals surface area (Å²) in [6, 6.07) is 7.89. The maximum atomic E-state index is 10.2. The van der Waals surface area contributed by atoms with Crippen LogP contribution >= 0.6 is 0 Å². The molecule has 0 fully saturated rings. The lowest BCUT2D eigenvalue weighted by Crippen LogP contribution is -2.18. The van der Waals surface area contributed by atoms with Crippen molar-refractivity contribution in [3.05, 3.63) is 35.4 Å². The molecule has 1 aromatic rings. The quantitative estimate of drug-likeness (QED) is 0.748. The summed E-state index contributed by atoms with van der Waals surface area (Å²) in [5.41, 5.74) is 7.51. The Balaban J connectivity index is 2.85. The number of hydrogen-bond donors (Lipinski definition) is 2. The number of nitrogens with two attached hydrogens (primary N) is 1. The molecule has 21 heavy (non-hydrogen) atoms. The van der Waals surface area contributed by atoms with Crippen LogP contribution in [0.15, 0.2) is 24.3 Å². The maximum absolute atomic E-state index is 10.2. The first kappa shape index (κ1) is 17.8. The van der Waals surface area contributed by atoms with Crippen molar-refractivity contribution in [1.82, 2.24) is 0 Å². The van der Waals surface area contributed by atoms with Gasteiger partial charge in [-0.25, -0.2) is 0 Å². The van der Waals surface area contributed by atoms with Gasteiger partial charge >= 0.3 is 0 Å². The van der Waals surface area contributed by atoms with E-state index >= 15 is 0 Å². The molecule has 1 aromatic carbocycles. The molecule has 0 saturated heterocycles. The average Bonchev–Trinajstić information content (AvgIpc) is 2.52. The van der Waals surface area contributed by atoms with Gasteiger partial charge in [-0.15, -0.1) is 0 Å². The van der Waals surface area contributed by atoms with Gasteiger partial charge in [-0.2, -0.15) is 0 Å². The van der Waals surface area contributed by atoms with Crippen LogP contribution in [0.1, 0.15) is 63.7 Å². The van der Waals surface area contributed by atoms with Gasteiger partial charge in [-0.3, -0.25) is 0 Å². The first-order chi connectivity index (χ1) is 10.1. The lowest BCUT2D eigenvalue weighted by Gasteiger charge is -2.17. The van der Waals surface area contributed by atoms with E-state index in [2.05, 4.69) is 25.7 Å². The molecule has 0 saturated carbocycles. The third-order valence-electron chi connectivity index (χ3n) is 3.83. The molecule has 0 aliphatic carbocycles. The predicted molar refractivity (Wildman–Crippen MR) is 89.8 cm³/mol. The molecule has 2 heteroatoms. The van der Waals surface area contributed by atoms with Crippen molar-refractivity contribution >= 4 is 0 Å². The lowest BCUT2D eigenvalue weighted by molar-refractivity contribution is 0.121. The molecular weight excluding hydrogens is 258 g/mol. The number of hydrogen-bond acceptors (Lipinski definition) is 2. The second-order valence-corrected chi connectivity index (χ2v) is 5.83. The number of rotatable bonds is 7. The second-order valence-electron chi connectivity index (χ2n) is 5.83. The highest BCUT2D eigenvalue weighted by molar-refractivity contribution is 5.38. The zero-order valence-electron chi connectivity index (χ0n) is 13.6. The molecule has 2 atom stereocenters. The largest absolute Gasteiger partial charge is 0.388 e. The van der Waals surface area contributed by atoms with Gasteiger partial charge < -0.3 is 10.8 Å². The minimum absolute atomic E-state index is 0.0566. The first-order valence-corrected chi connectivity index (χ1v) is 8.11. The normalized spacial score (nSPS) is 13.6. The summed E-state index contributed by atoms with van der Waals surface area (Å²) < 4.78 is 0. The SMILES string of the molecule is CCCC(C#Cc1cccc(C(O)C(C)CN)c1)CCC. The Hall–Kier alpha value is -1.30. The smallest absolute Gasteiger partial charge is 0.0828 e. The lowest BCUT2D eigenvalue weighted by atomic mass is 9.95.